The summed E-state index contributed by atoms with van der Waals surface area (Å²) in [6.45, 7) is 0.160. The topological polar surface area (TPSA) is 153 Å². The van der Waals surface area contributed by atoms with Gasteiger partial charge in [0.25, 0.3) is 5.69 Å². The summed E-state index contributed by atoms with van der Waals surface area (Å²) in [6.07, 6.45) is 0. The van der Waals surface area contributed by atoms with Gasteiger partial charge in [-0.15, -0.1) is 10.2 Å². The Morgan fingerprint density at radius 3 is 2.89 bits per heavy atom. The van der Waals surface area contributed by atoms with Crippen LogP contribution in [0.4, 0.5) is 11.4 Å². The Morgan fingerprint density at radius 2 is 2.32 bits per heavy atom. The molecule has 0 aliphatic rings. The molecule has 19 heavy (non-hydrogen) atoms. The molecule has 0 atom stereocenters. The quantitative estimate of drug-likeness (QED) is 0.499. The zero-order valence-electron chi connectivity index (χ0n) is 9.53. The summed E-state index contributed by atoms with van der Waals surface area (Å²) in [5, 5.41) is 26.7. The van der Waals surface area contributed by atoms with E-state index in [1.165, 1.54) is 12.1 Å². The number of anilines is 1. The van der Waals surface area contributed by atoms with Crippen molar-refractivity contribution < 1.29 is 9.72 Å². The number of H-pyrrole nitrogens is 1. The Bertz CT molecular complexity index is 610. The van der Waals surface area contributed by atoms with Crippen molar-refractivity contribution in [3.8, 4) is 0 Å². The first-order valence-electron chi connectivity index (χ1n) is 5.12. The van der Waals surface area contributed by atoms with E-state index in [4.69, 9.17) is 5.73 Å². The number of nitro benzene ring substituents is 1. The van der Waals surface area contributed by atoms with Gasteiger partial charge in [0, 0.05) is 11.6 Å². The molecule has 0 saturated heterocycles. The smallest absolute Gasteiger partial charge is 0.293 e. The SMILES string of the molecule is NC(=O)c1ccc(NCc2nn[nH]n2)c([N+](=O)[O-])c1. The van der Waals surface area contributed by atoms with Gasteiger partial charge in [-0.3, -0.25) is 14.9 Å². The molecule has 0 bridgehead atoms. The maximum atomic E-state index is 11.0. The molecule has 2 rings (SSSR count). The first-order valence-corrected chi connectivity index (χ1v) is 5.12. The monoisotopic (exact) mass is 263 g/mol. The Morgan fingerprint density at radius 1 is 1.53 bits per heavy atom. The van der Waals surface area contributed by atoms with E-state index in [0.29, 0.717) is 5.82 Å². The van der Waals surface area contributed by atoms with Crippen LogP contribution in [0.25, 0.3) is 0 Å². The van der Waals surface area contributed by atoms with Crippen molar-refractivity contribution in [2.45, 2.75) is 6.54 Å². The molecule has 1 aromatic carbocycles. The van der Waals surface area contributed by atoms with Crippen LogP contribution >= 0.6 is 0 Å². The summed E-state index contributed by atoms with van der Waals surface area (Å²) in [5.41, 5.74) is 5.12. The van der Waals surface area contributed by atoms with Crippen molar-refractivity contribution in [1.82, 2.24) is 20.6 Å². The number of hydrogen-bond acceptors (Lipinski definition) is 7. The number of primary amides is 1. The number of nitrogens with zero attached hydrogens (tertiary/aromatic N) is 4. The van der Waals surface area contributed by atoms with Gasteiger partial charge in [-0.05, 0) is 12.1 Å². The zero-order chi connectivity index (χ0) is 13.8. The van der Waals surface area contributed by atoms with Crippen molar-refractivity contribution in [2.24, 2.45) is 5.73 Å². The van der Waals surface area contributed by atoms with Crippen LogP contribution in [-0.4, -0.2) is 31.5 Å². The van der Waals surface area contributed by atoms with Crippen LogP contribution in [0.2, 0.25) is 0 Å². The van der Waals surface area contributed by atoms with Crippen LogP contribution in [0, 0.1) is 10.1 Å². The summed E-state index contributed by atoms with van der Waals surface area (Å²) in [5.74, 6) is -0.374. The molecule has 0 unspecified atom stereocenters. The van der Waals surface area contributed by atoms with Gasteiger partial charge < -0.3 is 11.1 Å². The predicted molar refractivity (Wildman–Crippen MR) is 63.1 cm³/mol. The third-order valence-corrected chi connectivity index (χ3v) is 2.31. The molecule has 0 saturated carbocycles. The van der Waals surface area contributed by atoms with Crippen molar-refractivity contribution in [2.75, 3.05) is 5.32 Å². The number of rotatable bonds is 5. The third-order valence-electron chi connectivity index (χ3n) is 2.31. The number of nitrogens with one attached hydrogen (secondary N) is 2. The van der Waals surface area contributed by atoms with Crippen LogP contribution in [0.3, 0.4) is 0 Å². The van der Waals surface area contributed by atoms with E-state index in [9.17, 15) is 14.9 Å². The number of carbonyl (C=O) groups excluding carboxylic acids is 1. The largest absolute Gasteiger partial charge is 0.372 e. The van der Waals surface area contributed by atoms with Gasteiger partial charge in [0.15, 0.2) is 5.82 Å². The van der Waals surface area contributed by atoms with E-state index < -0.39 is 10.8 Å². The lowest BCUT2D eigenvalue weighted by Crippen LogP contribution is -2.12. The number of aromatic nitrogens is 4. The van der Waals surface area contributed by atoms with Crippen molar-refractivity contribution >= 4 is 17.3 Å². The van der Waals surface area contributed by atoms with Gasteiger partial charge in [-0.2, -0.15) is 5.21 Å². The van der Waals surface area contributed by atoms with Crippen molar-refractivity contribution in [3.05, 3.63) is 39.7 Å². The highest BCUT2D eigenvalue weighted by Crippen LogP contribution is 2.25. The molecule has 2 aromatic rings. The van der Waals surface area contributed by atoms with Crippen molar-refractivity contribution in [3.63, 3.8) is 0 Å². The molecule has 10 nitrogen and oxygen atoms in total. The number of benzene rings is 1. The second-order valence-electron chi connectivity index (χ2n) is 3.53. The van der Waals surface area contributed by atoms with Gasteiger partial charge in [0.1, 0.15) is 5.69 Å². The first kappa shape index (κ1) is 12.4. The maximum Gasteiger partial charge on any atom is 0.293 e. The van der Waals surface area contributed by atoms with Gasteiger partial charge >= 0.3 is 0 Å². The molecule has 98 valence electrons. The number of carbonyl (C=O) groups is 1. The summed E-state index contributed by atoms with van der Waals surface area (Å²) in [4.78, 5) is 21.3. The van der Waals surface area contributed by atoms with E-state index in [1.807, 2.05) is 0 Å². The fourth-order valence-electron chi connectivity index (χ4n) is 1.42. The Hall–Kier alpha value is -3.04. The number of nitrogens with two attached hydrogens (primary N) is 1. The highest BCUT2D eigenvalue weighted by molar-refractivity contribution is 5.94. The summed E-state index contributed by atoms with van der Waals surface area (Å²) in [6, 6.07) is 3.91. The molecular weight excluding hydrogens is 254 g/mol. The molecule has 0 radical (unpaired) electrons. The number of tetrazole rings is 1. The van der Waals surface area contributed by atoms with Gasteiger partial charge in [0.2, 0.25) is 5.91 Å². The average molecular weight is 263 g/mol. The lowest BCUT2D eigenvalue weighted by atomic mass is 10.1. The minimum Gasteiger partial charge on any atom is -0.372 e. The number of nitro groups is 1. The molecular formula is C9H9N7O3. The molecule has 0 fully saturated rings. The normalized spacial score (nSPS) is 10.1. The highest BCUT2D eigenvalue weighted by Gasteiger charge is 2.16. The second-order valence-corrected chi connectivity index (χ2v) is 3.53. The third kappa shape index (κ3) is 2.80. The first-order chi connectivity index (χ1) is 9.08. The Labute approximate surface area is 106 Å². The van der Waals surface area contributed by atoms with Gasteiger partial charge in [0.05, 0.1) is 11.5 Å². The molecule has 1 aromatic heterocycles. The van der Waals surface area contributed by atoms with Gasteiger partial charge in [-0.1, -0.05) is 5.21 Å². The van der Waals surface area contributed by atoms with Crippen molar-refractivity contribution in [1.29, 1.82) is 0 Å². The van der Waals surface area contributed by atoms with E-state index in [0.717, 1.165) is 6.07 Å². The van der Waals surface area contributed by atoms with E-state index in [2.05, 4.69) is 25.9 Å². The predicted octanol–water partition coefficient (Wildman–Crippen LogP) is -0.181. The molecule has 0 aliphatic heterocycles. The summed E-state index contributed by atoms with van der Waals surface area (Å²) < 4.78 is 0. The standard InChI is InChI=1S/C9H9N7O3/c10-9(17)5-1-2-6(7(3-5)16(18)19)11-4-8-12-14-15-13-8/h1-3,11H,4H2,(H2,10,17)(H,12,13,14,15). The number of aromatic amines is 1. The lowest BCUT2D eigenvalue weighted by molar-refractivity contribution is -0.384. The summed E-state index contributed by atoms with van der Waals surface area (Å²) >= 11 is 0. The Kier molecular flexibility index (Phi) is 3.32. The molecule has 1 heterocycles. The highest BCUT2D eigenvalue weighted by atomic mass is 16.6. The minimum absolute atomic E-state index is 0.0665. The van der Waals surface area contributed by atoms with E-state index in [1.54, 1.807) is 0 Å². The van der Waals surface area contributed by atoms with Crippen LogP contribution in [0.15, 0.2) is 18.2 Å². The fourth-order valence-corrected chi connectivity index (χ4v) is 1.42. The minimum atomic E-state index is -0.729. The average Bonchev–Trinajstić information content (AvgIpc) is 2.89. The lowest BCUT2D eigenvalue weighted by Gasteiger charge is -2.05. The van der Waals surface area contributed by atoms with E-state index >= 15 is 0 Å². The molecule has 10 heteroatoms. The van der Waals surface area contributed by atoms with Crippen LogP contribution < -0.4 is 11.1 Å². The molecule has 1 amide bonds. The molecule has 0 spiro atoms. The van der Waals surface area contributed by atoms with Crippen LogP contribution in [-0.2, 0) is 6.54 Å². The maximum absolute atomic E-state index is 11.0. The van der Waals surface area contributed by atoms with Crippen LogP contribution in [0.5, 0.6) is 0 Å². The second kappa shape index (κ2) is 5.08. The Balaban J connectivity index is 2.24. The zero-order valence-corrected chi connectivity index (χ0v) is 9.53. The van der Waals surface area contributed by atoms with E-state index in [-0.39, 0.29) is 23.5 Å². The van der Waals surface area contributed by atoms with Gasteiger partial charge in [-0.25, -0.2) is 0 Å². The van der Waals surface area contributed by atoms with Crippen LogP contribution in [0.1, 0.15) is 16.2 Å². The molecule has 4 N–H and O–H groups in total. The summed E-state index contributed by atoms with van der Waals surface area (Å²) in [7, 11) is 0. The fraction of sp³-hybridized carbons (Fsp3) is 0.111. The molecule has 0 aliphatic carbocycles. The number of hydrogen-bond donors (Lipinski definition) is 3. The number of amides is 1.